The first-order chi connectivity index (χ1) is 32.6. The van der Waals surface area contributed by atoms with Gasteiger partial charge in [-0.25, -0.2) is 24.5 Å². The molecule has 2 N–H and O–H groups in total. The molecule has 3 aromatic carbocycles. The number of benzene rings is 3. The lowest BCUT2D eigenvalue weighted by atomic mass is 10.0. The summed E-state index contributed by atoms with van der Waals surface area (Å²) in [4.78, 5) is 46.3. The Bertz CT molecular complexity index is 2850. The molecule has 0 radical (unpaired) electrons. The largest absolute Gasteiger partial charge is 0.573 e. The molecule has 5 aromatic rings. The monoisotopic (exact) mass is 1100 g/mol. The molecule has 4 amide bonds. The second-order valence-corrected chi connectivity index (χ2v) is 19.4. The van der Waals surface area contributed by atoms with Crippen LogP contribution in [0, 0.1) is 6.92 Å². The van der Waals surface area contributed by atoms with Gasteiger partial charge in [-0.1, -0.05) is 30.0 Å². The van der Waals surface area contributed by atoms with Gasteiger partial charge in [0.1, 0.15) is 29.5 Å². The number of rotatable bonds is 13. The van der Waals surface area contributed by atoms with Gasteiger partial charge >= 0.3 is 24.8 Å². The quantitative estimate of drug-likeness (QED) is 0.111. The van der Waals surface area contributed by atoms with Crippen molar-refractivity contribution in [3.05, 3.63) is 146 Å². The number of imidazole rings is 1. The van der Waals surface area contributed by atoms with Gasteiger partial charge in [-0.15, -0.1) is 26.3 Å². The molecule has 7 rings (SSSR count). The predicted molar refractivity (Wildman–Crippen MR) is 260 cm³/mol. The van der Waals surface area contributed by atoms with E-state index in [1.165, 1.54) is 36.3 Å². The second kappa shape index (κ2) is 21.2. The van der Waals surface area contributed by atoms with Crippen molar-refractivity contribution in [2.75, 3.05) is 22.1 Å². The molecule has 0 saturated carbocycles. The number of anilines is 3. The van der Waals surface area contributed by atoms with Gasteiger partial charge in [0.15, 0.2) is 0 Å². The third-order valence-corrected chi connectivity index (χ3v) is 12.8. The number of carbonyl (C=O) groups excluding carboxylic acids is 2. The van der Waals surface area contributed by atoms with Crippen LogP contribution in [0.4, 0.5) is 53.0 Å². The number of thioether (sulfide) groups is 1. The number of hydrogen-bond acceptors (Lipinski definition) is 9. The molecule has 362 valence electrons. The lowest BCUT2D eigenvalue weighted by Crippen LogP contribution is -2.41. The van der Waals surface area contributed by atoms with Crippen molar-refractivity contribution in [2.45, 2.75) is 72.4 Å². The summed E-state index contributed by atoms with van der Waals surface area (Å²) in [5.74, 6) is 0.459. The molecular formula is C47H43Br2F6N9O4S. The smallest absolute Gasteiger partial charge is 0.406 e. The molecule has 1 aliphatic heterocycles. The van der Waals surface area contributed by atoms with E-state index >= 15 is 0 Å². The van der Waals surface area contributed by atoms with Crippen molar-refractivity contribution >= 4 is 72.7 Å². The minimum Gasteiger partial charge on any atom is -0.406 e. The number of urea groups is 2. The zero-order chi connectivity index (χ0) is 49.8. The lowest BCUT2D eigenvalue weighted by molar-refractivity contribution is -0.275. The summed E-state index contributed by atoms with van der Waals surface area (Å²) in [6, 6.07) is 14.6. The molecule has 1 aliphatic carbocycles. The van der Waals surface area contributed by atoms with E-state index < -0.39 is 36.3 Å². The number of halogens is 8. The van der Waals surface area contributed by atoms with Gasteiger partial charge in [0.25, 0.3) is 0 Å². The predicted octanol–water partition coefficient (Wildman–Crippen LogP) is 13.4. The van der Waals surface area contributed by atoms with Gasteiger partial charge in [-0.2, -0.15) is 0 Å². The topological polar surface area (TPSA) is 130 Å². The Labute approximate surface area is 414 Å². The van der Waals surface area contributed by atoms with Crippen LogP contribution in [-0.2, 0) is 6.54 Å². The van der Waals surface area contributed by atoms with Crippen LogP contribution in [0.1, 0.15) is 45.5 Å². The highest BCUT2D eigenvalue weighted by molar-refractivity contribution is 9.14. The van der Waals surface area contributed by atoms with E-state index in [0.29, 0.717) is 23.5 Å². The average molecular weight is 1100 g/mol. The van der Waals surface area contributed by atoms with Crippen molar-refractivity contribution in [3.63, 3.8) is 0 Å². The molecular weight excluding hydrogens is 1060 g/mol. The number of aryl methyl sites for hydroxylation is 1. The van der Waals surface area contributed by atoms with Crippen LogP contribution < -0.4 is 25.0 Å². The molecule has 69 heavy (non-hydrogen) atoms. The summed E-state index contributed by atoms with van der Waals surface area (Å²) in [6.45, 7) is 9.61. The number of ether oxygens (including phenoxy) is 2. The molecule has 0 fully saturated rings. The molecule has 0 bridgehead atoms. The third kappa shape index (κ3) is 13.3. The first-order valence-corrected chi connectivity index (χ1v) is 23.5. The van der Waals surface area contributed by atoms with Crippen molar-refractivity contribution in [1.82, 2.24) is 29.3 Å². The highest BCUT2D eigenvalue weighted by atomic mass is 79.9. The normalized spacial score (nSPS) is 15.0. The van der Waals surface area contributed by atoms with Gasteiger partial charge in [0.2, 0.25) is 0 Å². The van der Waals surface area contributed by atoms with Crippen molar-refractivity contribution < 1.29 is 45.4 Å². The maximum atomic E-state index is 13.9. The highest BCUT2D eigenvalue weighted by Crippen LogP contribution is 2.46. The summed E-state index contributed by atoms with van der Waals surface area (Å²) < 4.78 is 87.7. The fraction of sp³-hybridized carbons (Fsp3) is 0.255. The van der Waals surface area contributed by atoms with Gasteiger partial charge in [0, 0.05) is 71.2 Å². The maximum absolute atomic E-state index is 13.9. The standard InChI is InChI=1S/C47H43Br2F6N9O4S/c1-27(2)62(45(66)60-39-14-13-37(21-38(39)48)68-47(53,54)55)23-30-7-6-8-32(17-30)43-64(25-41(49)69-43)35-19-31(18-33(20-35)40-22-42(58-26-57-40)61-16-15-56-29(61)5)24-63(28(3)4)44(65)59-34-9-11-36(12-10-34)67-46(50,51)52/h6-7,9-22,25-28H,8,23-24H2,1-5H3,(H,59,65)(H,60,66). The Balaban J connectivity index is 1.20. The minimum atomic E-state index is -4.87. The molecule has 22 heteroatoms. The molecule has 2 aliphatic rings. The van der Waals surface area contributed by atoms with Gasteiger partial charge in [0.05, 0.1) is 20.2 Å². The van der Waals surface area contributed by atoms with E-state index in [2.05, 4.69) is 66.9 Å². The highest BCUT2D eigenvalue weighted by Gasteiger charge is 2.33. The fourth-order valence-electron chi connectivity index (χ4n) is 7.25. The summed E-state index contributed by atoms with van der Waals surface area (Å²) in [6.07, 6.45) is 3.68. The Kier molecular flexibility index (Phi) is 15.5. The number of nitrogens with one attached hydrogen (secondary N) is 2. The van der Waals surface area contributed by atoms with Gasteiger partial charge < -0.3 is 34.8 Å². The first-order valence-electron chi connectivity index (χ1n) is 21.1. The zero-order valence-corrected chi connectivity index (χ0v) is 41.4. The fourth-order valence-corrected chi connectivity index (χ4v) is 9.25. The van der Waals surface area contributed by atoms with Crippen LogP contribution in [0.25, 0.3) is 17.1 Å². The number of allylic oxidation sites excluding steroid dienone is 3. The van der Waals surface area contributed by atoms with E-state index in [0.717, 1.165) is 61.3 Å². The summed E-state index contributed by atoms with van der Waals surface area (Å²) in [5, 5.41) is 6.45. The molecule has 0 saturated heterocycles. The summed E-state index contributed by atoms with van der Waals surface area (Å²) in [5.41, 5.74) is 5.07. The number of carbonyl (C=O) groups is 2. The van der Waals surface area contributed by atoms with Crippen LogP contribution >= 0.6 is 43.6 Å². The first kappa shape index (κ1) is 50.6. The lowest BCUT2D eigenvalue weighted by Gasteiger charge is -2.29. The summed E-state index contributed by atoms with van der Waals surface area (Å²) >= 11 is 8.45. The number of nitrogens with zero attached hydrogens (tertiary/aromatic N) is 7. The molecule has 13 nitrogen and oxygen atoms in total. The Morgan fingerprint density at radius 2 is 1.49 bits per heavy atom. The van der Waals surface area contributed by atoms with Crippen LogP contribution in [-0.4, -0.2) is 72.7 Å². The van der Waals surface area contributed by atoms with Crippen molar-refractivity contribution in [2.24, 2.45) is 0 Å². The molecule has 0 atom stereocenters. The molecule has 0 spiro atoms. The Hall–Kier alpha value is -6.26. The SMILES string of the molecule is Cc1nccn1-c1cc(-c2cc(CN(C(=O)Nc3ccc(OC(F)(F)F)cc3)C(C)C)cc(N3C=C(Br)SC3=C3C=C(CN(C(=O)Nc4ccc(OC(F)(F)F)cc4Br)C(C)C)C=CC3)c2)ncn1. The molecule has 0 unspecified atom stereocenters. The van der Waals surface area contributed by atoms with E-state index in [9.17, 15) is 35.9 Å². The second-order valence-electron chi connectivity index (χ2n) is 16.1. The maximum Gasteiger partial charge on any atom is 0.573 e. The van der Waals surface area contributed by atoms with E-state index in [1.54, 1.807) is 22.2 Å². The van der Waals surface area contributed by atoms with Crippen LogP contribution in [0.3, 0.4) is 0 Å². The van der Waals surface area contributed by atoms with Gasteiger partial charge in [-0.05, 0) is 150 Å². The molecule has 2 aromatic heterocycles. The molecule has 3 heterocycles. The van der Waals surface area contributed by atoms with Gasteiger partial charge in [-0.3, -0.25) is 4.57 Å². The Morgan fingerprint density at radius 3 is 2.14 bits per heavy atom. The van der Waals surface area contributed by atoms with Crippen LogP contribution in [0.2, 0.25) is 0 Å². The number of aromatic nitrogens is 4. The zero-order valence-electron chi connectivity index (χ0n) is 37.4. The number of hydrogen-bond donors (Lipinski definition) is 2. The third-order valence-electron chi connectivity index (χ3n) is 10.5. The average Bonchev–Trinajstić information content (AvgIpc) is 3.90. The van der Waals surface area contributed by atoms with Crippen LogP contribution in [0.15, 0.2) is 134 Å². The summed E-state index contributed by atoms with van der Waals surface area (Å²) in [7, 11) is 0. The minimum absolute atomic E-state index is 0.123. The number of amides is 4. The number of alkyl halides is 6. The van der Waals surface area contributed by atoms with Crippen molar-refractivity contribution in [3.8, 4) is 28.6 Å². The Morgan fingerprint density at radius 1 is 0.826 bits per heavy atom. The van der Waals surface area contributed by atoms with Crippen molar-refractivity contribution in [1.29, 1.82) is 0 Å². The van der Waals surface area contributed by atoms with Crippen LogP contribution in [0.5, 0.6) is 11.5 Å². The van der Waals surface area contributed by atoms with E-state index in [4.69, 9.17) is 0 Å². The van der Waals surface area contributed by atoms with E-state index in [-0.39, 0.29) is 41.0 Å². The van der Waals surface area contributed by atoms with E-state index in [1.807, 2.05) is 92.8 Å².